The molecule has 0 bridgehead atoms. The second-order valence-electron chi connectivity index (χ2n) is 4.48. The van der Waals surface area contributed by atoms with Crippen LogP contribution in [0.5, 0.6) is 0 Å². The van der Waals surface area contributed by atoms with Crippen molar-refractivity contribution in [2.24, 2.45) is 4.99 Å². The molecular weight excluding hydrogens is 178 g/mol. The third-order valence-electron chi connectivity index (χ3n) is 2.21. The fourth-order valence-electron chi connectivity index (χ4n) is 1.36. The summed E-state index contributed by atoms with van der Waals surface area (Å²) < 4.78 is 0. The van der Waals surface area contributed by atoms with Crippen molar-refractivity contribution in [1.82, 2.24) is 9.97 Å². The average molecular weight is 191 g/mol. The molecule has 1 aromatic rings. The normalized spacial score (nSPS) is 14.5. The highest BCUT2D eigenvalue weighted by molar-refractivity contribution is 5.73. The lowest BCUT2D eigenvalue weighted by molar-refractivity contribution is 0.542. The fourth-order valence-corrected chi connectivity index (χ4v) is 1.36. The van der Waals surface area contributed by atoms with Crippen molar-refractivity contribution in [3.8, 4) is 0 Å². The summed E-state index contributed by atoms with van der Waals surface area (Å²) in [5.41, 5.74) is 0.474. The predicted octanol–water partition coefficient (Wildman–Crippen LogP) is 1.33. The van der Waals surface area contributed by atoms with Crippen LogP contribution in [-0.4, -0.2) is 16.2 Å². The van der Waals surface area contributed by atoms with Gasteiger partial charge < -0.3 is 4.98 Å². The molecule has 0 amide bonds. The largest absolute Gasteiger partial charge is 0.310 e. The van der Waals surface area contributed by atoms with Crippen molar-refractivity contribution in [3.05, 3.63) is 21.7 Å². The van der Waals surface area contributed by atoms with Crippen LogP contribution in [0.4, 0.5) is 5.82 Å². The highest BCUT2D eigenvalue weighted by Crippen LogP contribution is 2.22. The van der Waals surface area contributed by atoms with Crippen molar-refractivity contribution in [1.29, 1.82) is 0 Å². The van der Waals surface area contributed by atoms with Gasteiger partial charge in [0, 0.05) is 18.1 Å². The zero-order valence-electron chi connectivity index (χ0n) is 8.59. The molecular formula is C10H13N3O. The van der Waals surface area contributed by atoms with E-state index in [1.165, 1.54) is 0 Å². The number of fused-ring (bicyclic) bond motifs is 1. The van der Waals surface area contributed by atoms with E-state index in [0.29, 0.717) is 23.6 Å². The molecule has 14 heavy (non-hydrogen) atoms. The summed E-state index contributed by atoms with van der Waals surface area (Å²) in [7, 11) is 0. The SMILES string of the molecule is CC(C)(C)c1nc2c(c(=O)[nH]1)CC=N2. The van der Waals surface area contributed by atoms with E-state index in [9.17, 15) is 4.79 Å². The summed E-state index contributed by atoms with van der Waals surface area (Å²) in [5.74, 6) is 1.28. The van der Waals surface area contributed by atoms with Crippen molar-refractivity contribution >= 4 is 12.0 Å². The summed E-state index contributed by atoms with van der Waals surface area (Å²) >= 11 is 0. The van der Waals surface area contributed by atoms with Gasteiger partial charge in [0.2, 0.25) is 0 Å². The number of aliphatic imine (C=N–C) groups is 1. The molecule has 0 unspecified atom stereocenters. The number of nitrogens with one attached hydrogen (secondary N) is 1. The lowest BCUT2D eigenvalue weighted by Crippen LogP contribution is -2.23. The molecule has 0 saturated carbocycles. The Bertz CT molecular complexity index is 451. The Labute approximate surface area is 82.1 Å². The van der Waals surface area contributed by atoms with E-state index in [1.54, 1.807) is 6.21 Å². The van der Waals surface area contributed by atoms with Crippen LogP contribution in [0.2, 0.25) is 0 Å². The molecule has 0 aliphatic carbocycles. The van der Waals surface area contributed by atoms with Crippen LogP contribution in [0, 0.1) is 0 Å². The van der Waals surface area contributed by atoms with E-state index in [0.717, 1.165) is 0 Å². The van der Waals surface area contributed by atoms with E-state index in [-0.39, 0.29) is 11.0 Å². The van der Waals surface area contributed by atoms with Gasteiger partial charge in [0.1, 0.15) is 5.82 Å². The molecule has 1 aliphatic rings. The molecule has 74 valence electrons. The molecule has 0 fully saturated rings. The first kappa shape index (κ1) is 9.12. The number of nitrogens with zero attached hydrogens (tertiary/aromatic N) is 2. The predicted molar refractivity (Wildman–Crippen MR) is 55.4 cm³/mol. The van der Waals surface area contributed by atoms with Crippen LogP contribution >= 0.6 is 0 Å². The average Bonchev–Trinajstić information content (AvgIpc) is 2.50. The van der Waals surface area contributed by atoms with Gasteiger partial charge in [-0.2, -0.15) is 0 Å². The molecule has 4 heteroatoms. The summed E-state index contributed by atoms with van der Waals surface area (Å²) in [6, 6.07) is 0. The second-order valence-corrected chi connectivity index (χ2v) is 4.48. The van der Waals surface area contributed by atoms with E-state index < -0.39 is 0 Å². The Morgan fingerprint density at radius 3 is 2.79 bits per heavy atom. The first-order valence-corrected chi connectivity index (χ1v) is 4.64. The van der Waals surface area contributed by atoms with Crippen LogP contribution in [0.1, 0.15) is 32.2 Å². The van der Waals surface area contributed by atoms with Crippen LogP contribution < -0.4 is 5.56 Å². The number of hydrogen-bond donors (Lipinski definition) is 1. The first-order valence-electron chi connectivity index (χ1n) is 4.64. The Kier molecular flexibility index (Phi) is 1.80. The standard InChI is InChI=1S/C10H13N3O/c1-10(2,3)9-12-7-6(4-5-11-7)8(14)13-9/h5H,4H2,1-3H3,(H,12,13,14). The van der Waals surface area contributed by atoms with Crippen LogP contribution in [0.15, 0.2) is 9.79 Å². The van der Waals surface area contributed by atoms with Crippen molar-refractivity contribution in [2.45, 2.75) is 32.6 Å². The van der Waals surface area contributed by atoms with E-state index in [2.05, 4.69) is 15.0 Å². The highest BCUT2D eigenvalue weighted by atomic mass is 16.1. The van der Waals surface area contributed by atoms with E-state index >= 15 is 0 Å². The highest BCUT2D eigenvalue weighted by Gasteiger charge is 2.21. The van der Waals surface area contributed by atoms with Crippen LogP contribution in [0.3, 0.4) is 0 Å². The van der Waals surface area contributed by atoms with E-state index in [4.69, 9.17) is 0 Å². The Balaban J connectivity index is 2.63. The summed E-state index contributed by atoms with van der Waals surface area (Å²) in [4.78, 5) is 22.8. The Morgan fingerprint density at radius 1 is 1.43 bits per heavy atom. The van der Waals surface area contributed by atoms with Gasteiger partial charge in [-0.1, -0.05) is 20.8 Å². The van der Waals surface area contributed by atoms with Gasteiger partial charge in [0.05, 0.1) is 5.56 Å². The van der Waals surface area contributed by atoms with Crippen molar-refractivity contribution < 1.29 is 0 Å². The topological polar surface area (TPSA) is 58.1 Å². The summed E-state index contributed by atoms with van der Waals surface area (Å²) in [6.07, 6.45) is 2.32. The molecule has 2 rings (SSSR count). The number of aromatic nitrogens is 2. The zero-order chi connectivity index (χ0) is 10.3. The third-order valence-corrected chi connectivity index (χ3v) is 2.21. The zero-order valence-corrected chi connectivity index (χ0v) is 8.59. The minimum atomic E-state index is -0.147. The molecule has 0 spiro atoms. The maximum Gasteiger partial charge on any atom is 0.256 e. The van der Waals surface area contributed by atoms with Crippen LogP contribution in [0.25, 0.3) is 0 Å². The van der Waals surface area contributed by atoms with Crippen LogP contribution in [-0.2, 0) is 11.8 Å². The first-order chi connectivity index (χ1) is 6.48. The number of H-pyrrole nitrogens is 1. The smallest absolute Gasteiger partial charge is 0.256 e. The molecule has 2 heterocycles. The lowest BCUT2D eigenvalue weighted by atomic mass is 9.95. The monoisotopic (exact) mass is 191 g/mol. The van der Waals surface area contributed by atoms with Gasteiger partial charge in [-0.3, -0.25) is 4.79 Å². The van der Waals surface area contributed by atoms with Gasteiger partial charge in [0.15, 0.2) is 5.82 Å². The molecule has 4 nitrogen and oxygen atoms in total. The molecule has 0 saturated heterocycles. The minimum absolute atomic E-state index is 0.0579. The second kappa shape index (κ2) is 2.77. The molecule has 1 N–H and O–H groups in total. The van der Waals surface area contributed by atoms with Gasteiger partial charge >= 0.3 is 0 Å². The van der Waals surface area contributed by atoms with Gasteiger partial charge in [-0.25, -0.2) is 9.98 Å². The number of rotatable bonds is 0. The molecule has 1 aromatic heterocycles. The summed E-state index contributed by atoms with van der Waals surface area (Å²) in [5, 5.41) is 0. The Hall–Kier alpha value is -1.45. The number of hydrogen-bond acceptors (Lipinski definition) is 3. The maximum atomic E-state index is 11.6. The molecule has 0 aromatic carbocycles. The number of aromatic amines is 1. The molecule has 0 radical (unpaired) electrons. The van der Waals surface area contributed by atoms with E-state index in [1.807, 2.05) is 20.8 Å². The summed E-state index contributed by atoms with van der Waals surface area (Å²) in [6.45, 7) is 6.03. The third kappa shape index (κ3) is 1.36. The minimum Gasteiger partial charge on any atom is -0.310 e. The Morgan fingerprint density at radius 2 is 2.14 bits per heavy atom. The van der Waals surface area contributed by atoms with Gasteiger partial charge in [-0.05, 0) is 0 Å². The molecule has 1 aliphatic heterocycles. The van der Waals surface area contributed by atoms with Gasteiger partial charge in [-0.15, -0.1) is 0 Å². The van der Waals surface area contributed by atoms with Gasteiger partial charge in [0.25, 0.3) is 5.56 Å². The molecule has 0 atom stereocenters. The lowest BCUT2D eigenvalue weighted by Gasteiger charge is -2.17. The fraction of sp³-hybridized carbons (Fsp3) is 0.500. The maximum absolute atomic E-state index is 11.6. The van der Waals surface area contributed by atoms with Crippen molar-refractivity contribution in [2.75, 3.05) is 0 Å². The van der Waals surface area contributed by atoms with Crippen molar-refractivity contribution in [3.63, 3.8) is 0 Å². The quantitative estimate of drug-likeness (QED) is 0.672.